The summed E-state index contributed by atoms with van der Waals surface area (Å²) in [5.41, 5.74) is 1.48. The van der Waals surface area contributed by atoms with Gasteiger partial charge >= 0.3 is 0 Å². The maximum absolute atomic E-state index is 12.6. The van der Waals surface area contributed by atoms with Crippen LogP contribution in [0.1, 0.15) is 55.1 Å². The maximum atomic E-state index is 12.6. The molecule has 27 heavy (non-hydrogen) atoms. The molecule has 0 fully saturated rings. The summed E-state index contributed by atoms with van der Waals surface area (Å²) < 4.78 is 5.02. The van der Waals surface area contributed by atoms with E-state index >= 15 is 0 Å². The molecule has 0 saturated carbocycles. The first kappa shape index (κ1) is 20.7. The van der Waals surface area contributed by atoms with Crippen LogP contribution in [-0.4, -0.2) is 41.3 Å². The Hall–Kier alpha value is -2.63. The van der Waals surface area contributed by atoms with Gasteiger partial charge < -0.3 is 14.6 Å². The third kappa shape index (κ3) is 7.64. The van der Waals surface area contributed by atoms with Gasteiger partial charge in [0.1, 0.15) is 6.26 Å². The number of rotatable bonds is 12. The van der Waals surface area contributed by atoms with Crippen molar-refractivity contribution in [1.29, 1.82) is 0 Å². The van der Waals surface area contributed by atoms with Gasteiger partial charge in [-0.2, -0.15) is 0 Å². The van der Waals surface area contributed by atoms with Crippen LogP contribution in [0.3, 0.4) is 0 Å². The van der Waals surface area contributed by atoms with Gasteiger partial charge in [0.15, 0.2) is 0 Å². The third-order valence-electron chi connectivity index (χ3n) is 4.38. The van der Waals surface area contributed by atoms with Gasteiger partial charge in [0.2, 0.25) is 5.91 Å². The second-order valence-corrected chi connectivity index (χ2v) is 6.54. The summed E-state index contributed by atoms with van der Waals surface area (Å²) in [7, 11) is 0. The minimum Gasteiger partial charge on any atom is -0.472 e. The van der Waals surface area contributed by atoms with E-state index in [0.29, 0.717) is 38.0 Å². The van der Waals surface area contributed by atoms with E-state index in [1.807, 2.05) is 18.2 Å². The molecule has 6 nitrogen and oxygen atoms in total. The lowest BCUT2D eigenvalue weighted by Crippen LogP contribution is -2.36. The standard InChI is InChI=1S/C21H29N3O3/c1-2-3-4-7-14-24(21(26)18-11-16-27-17-18)15-10-20(25)23-13-9-19-8-5-6-12-22-19/h5-6,8,11-12,16-17H,2-4,7,9-10,13-15H2,1H3,(H,23,25). The first-order valence-electron chi connectivity index (χ1n) is 9.68. The van der Waals surface area contributed by atoms with Gasteiger partial charge in [-0.05, 0) is 24.6 Å². The topological polar surface area (TPSA) is 75.4 Å². The van der Waals surface area contributed by atoms with E-state index in [-0.39, 0.29) is 11.8 Å². The molecule has 0 radical (unpaired) electrons. The van der Waals surface area contributed by atoms with Crippen LogP contribution in [0.2, 0.25) is 0 Å². The molecule has 2 rings (SSSR count). The molecule has 0 aromatic carbocycles. The lowest BCUT2D eigenvalue weighted by atomic mass is 10.2. The van der Waals surface area contributed by atoms with E-state index in [1.165, 1.54) is 12.5 Å². The molecule has 6 heteroatoms. The number of nitrogens with zero attached hydrogens (tertiary/aromatic N) is 2. The van der Waals surface area contributed by atoms with E-state index in [4.69, 9.17) is 4.42 Å². The number of aromatic nitrogens is 1. The molecule has 2 heterocycles. The molecule has 2 aromatic heterocycles. The molecule has 0 spiro atoms. The largest absolute Gasteiger partial charge is 0.472 e. The van der Waals surface area contributed by atoms with Crippen LogP contribution >= 0.6 is 0 Å². The predicted molar refractivity (Wildman–Crippen MR) is 104 cm³/mol. The molecule has 0 aliphatic rings. The van der Waals surface area contributed by atoms with Gasteiger partial charge in [0.25, 0.3) is 5.91 Å². The predicted octanol–water partition coefficient (Wildman–Crippen LogP) is 3.45. The summed E-state index contributed by atoms with van der Waals surface area (Å²) >= 11 is 0. The van der Waals surface area contributed by atoms with Crippen molar-refractivity contribution < 1.29 is 14.0 Å². The number of unbranched alkanes of at least 4 members (excludes halogenated alkanes) is 3. The zero-order chi connectivity index (χ0) is 19.3. The van der Waals surface area contributed by atoms with E-state index in [0.717, 1.165) is 31.4 Å². The Morgan fingerprint density at radius 1 is 1.15 bits per heavy atom. The number of carbonyl (C=O) groups excluding carboxylic acids is 2. The highest BCUT2D eigenvalue weighted by Gasteiger charge is 2.17. The second kappa shape index (κ2) is 11.9. The Labute approximate surface area is 161 Å². The van der Waals surface area contributed by atoms with E-state index in [9.17, 15) is 9.59 Å². The average Bonchev–Trinajstić information content (AvgIpc) is 3.22. The van der Waals surface area contributed by atoms with Crippen LogP contribution < -0.4 is 5.32 Å². The number of nitrogens with one attached hydrogen (secondary N) is 1. The quantitative estimate of drug-likeness (QED) is 0.580. The van der Waals surface area contributed by atoms with Crippen molar-refractivity contribution in [2.75, 3.05) is 19.6 Å². The summed E-state index contributed by atoms with van der Waals surface area (Å²) in [4.78, 5) is 30.7. The molecular weight excluding hydrogens is 342 g/mol. The summed E-state index contributed by atoms with van der Waals surface area (Å²) in [6, 6.07) is 7.40. The molecule has 1 N–H and O–H groups in total. The second-order valence-electron chi connectivity index (χ2n) is 6.54. The van der Waals surface area contributed by atoms with Crippen LogP contribution in [0.5, 0.6) is 0 Å². The van der Waals surface area contributed by atoms with Gasteiger partial charge in [-0.25, -0.2) is 0 Å². The van der Waals surface area contributed by atoms with Gasteiger partial charge in [-0.3, -0.25) is 14.6 Å². The summed E-state index contributed by atoms with van der Waals surface area (Å²) in [5, 5.41) is 2.90. The van der Waals surface area contributed by atoms with Gasteiger partial charge in [-0.1, -0.05) is 32.3 Å². The van der Waals surface area contributed by atoms with Gasteiger partial charge in [0, 0.05) is 44.4 Å². The van der Waals surface area contributed by atoms with E-state index < -0.39 is 0 Å². The van der Waals surface area contributed by atoms with Gasteiger partial charge in [-0.15, -0.1) is 0 Å². The zero-order valence-electron chi connectivity index (χ0n) is 16.0. The van der Waals surface area contributed by atoms with Crippen LogP contribution in [0.4, 0.5) is 0 Å². The normalized spacial score (nSPS) is 10.6. The number of amides is 2. The van der Waals surface area contributed by atoms with Crippen LogP contribution in [0.15, 0.2) is 47.4 Å². The molecule has 146 valence electrons. The van der Waals surface area contributed by atoms with Crippen molar-refractivity contribution in [2.24, 2.45) is 0 Å². The number of furan rings is 1. The fourth-order valence-corrected chi connectivity index (χ4v) is 2.81. The molecule has 0 atom stereocenters. The molecule has 0 aliphatic carbocycles. The van der Waals surface area contributed by atoms with Crippen molar-refractivity contribution >= 4 is 11.8 Å². The average molecular weight is 371 g/mol. The van der Waals surface area contributed by atoms with Crippen molar-refractivity contribution in [3.63, 3.8) is 0 Å². The fraction of sp³-hybridized carbons (Fsp3) is 0.476. The third-order valence-corrected chi connectivity index (χ3v) is 4.38. The number of carbonyl (C=O) groups is 2. The lowest BCUT2D eigenvalue weighted by Gasteiger charge is -2.22. The van der Waals surface area contributed by atoms with Gasteiger partial charge in [0.05, 0.1) is 11.8 Å². The van der Waals surface area contributed by atoms with Crippen molar-refractivity contribution in [1.82, 2.24) is 15.2 Å². The zero-order valence-corrected chi connectivity index (χ0v) is 16.0. The Balaban J connectivity index is 1.77. The summed E-state index contributed by atoms with van der Waals surface area (Å²) in [6.07, 6.45) is 10.0. The highest BCUT2D eigenvalue weighted by Crippen LogP contribution is 2.09. The maximum Gasteiger partial charge on any atom is 0.257 e. The smallest absolute Gasteiger partial charge is 0.257 e. The Morgan fingerprint density at radius 3 is 2.74 bits per heavy atom. The Morgan fingerprint density at radius 2 is 2.04 bits per heavy atom. The Bertz CT molecular complexity index is 671. The monoisotopic (exact) mass is 371 g/mol. The number of hydrogen-bond acceptors (Lipinski definition) is 4. The first-order chi connectivity index (χ1) is 13.2. The SMILES string of the molecule is CCCCCCN(CCC(=O)NCCc1ccccn1)C(=O)c1ccoc1. The molecule has 0 unspecified atom stereocenters. The van der Waals surface area contributed by atoms with Crippen molar-refractivity contribution in [3.05, 3.63) is 54.2 Å². The molecule has 0 aliphatic heterocycles. The molecule has 0 bridgehead atoms. The van der Waals surface area contributed by atoms with Crippen LogP contribution in [-0.2, 0) is 11.2 Å². The molecule has 2 amide bonds. The summed E-state index contributed by atoms with van der Waals surface area (Å²) in [6.45, 7) is 3.77. The number of hydrogen-bond donors (Lipinski definition) is 1. The minimum atomic E-state index is -0.0819. The first-order valence-corrected chi connectivity index (χ1v) is 9.68. The lowest BCUT2D eigenvalue weighted by molar-refractivity contribution is -0.121. The van der Waals surface area contributed by atoms with Crippen molar-refractivity contribution in [2.45, 2.75) is 45.4 Å². The summed E-state index contributed by atoms with van der Waals surface area (Å²) in [5.74, 6) is -0.133. The molecule has 2 aromatic rings. The Kier molecular flexibility index (Phi) is 9.10. The van der Waals surface area contributed by atoms with Crippen molar-refractivity contribution in [3.8, 4) is 0 Å². The van der Waals surface area contributed by atoms with E-state index in [1.54, 1.807) is 17.2 Å². The van der Waals surface area contributed by atoms with Crippen LogP contribution in [0.25, 0.3) is 0 Å². The molecule has 0 saturated heterocycles. The highest BCUT2D eigenvalue weighted by atomic mass is 16.3. The minimum absolute atomic E-state index is 0.0514. The van der Waals surface area contributed by atoms with Crippen LogP contribution in [0, 0.1) is 0 Å². The van der Waals surface area contributed by atoms with E-state index in [2.05, 4.69) is 17.2 Å². The fourth-order valence-electron chi connectivity index (χ4n) is 2.81. The highest BCUT2D eigenvalue weighted by molar-refractivity contribution is 5.94. The number of pyridine rings is 1. The molecular formula is C21H29N3O3.